The van der Waals surface area contributed by atoms with Crippen LogP contribution >= 0.6 is 11.3 Å². The Labute approximate surface area is 74.5 Å². The summed E-state index contributed by atoms with van der Waals surface area (Å²) in [5, 5.41) is 1.82. The van der Waals surface area contributed by atoms with Crippen LogP contribution in [-0.2, 0) is 4.79 Å². The summed E-state index contributed by atoms with van der Waals surface area (Å²) in [4.78, 5) is 21.8. The van der Waals surface area contributed by atoms with Crippen molar-refractivity contribution < 1.29 is 9.59 Å². The van der Waals surface area contributed by atoms with Crippen molar-refractivity contribution in [1.29, 1.82) is 0 Å². The lowest BCUT2D eigenvalue weighted by Gasteiger charge is -1.85. The Kier molecular flexibility index (Phi) is 2.94. The van der Waals surface area contributed by atoms with Crippen molar-refractivity contribution in [2.75, 3.05) is 0 Å². The second kappa shape index (κ2) is 3.97. The number of ketones is 1. The number of aldehydes is 1. The van der Waals surface area contributed by atoms with Gasteiger partial charge in [0, 0.05) is 10.4 Å². The molecule has 0 aliphatic carbocycles. The van der Waals surface area contributed by atoms with Gasteiger partial charge in [-0.15, -0.1) is 11.3 Å². The number of allylic oxidation sites excluding steroid dienone is 1. The highest BCUT2D eigenvalue weighted by molar-refractivity contribution is 7.11. The van der Waals surface area contributed by atoms with Crippen LogP contribution in [0.2, 0.25) is 0 Å². The first-order valence-corrected chi connectivity index (χ1v) is 4.33. The van der Waals surface area contributed by atoms with E-state index in [0.29, 0.717) is 5.56 Å². The van der Waals surface area contributed by atoms with Crippen LogP contribution in [0.1, 0.15) is 22.2 Å². The van der Waals surface area contributed by atoms with E-state index >= 15 is 0 Å². The van der Waals surface area contributed by atoms with Gasteiger partial charge in [-0.25, -0.2) is 0 Å². The van der Waals surface area contributed by atoms with Gasteiger partial charge in [-0.3, -0.25) is 9.59 Å². The van der Waals surface area contributed by atoms with Gasteiger partial charge < -0.3 is 0 Å². The molecule has 0 aliphatic rings. The van der Waals surface area contributed by atoms with Crippen LogP contribution in [0.5, 0.6) is 0 Å². The molecule has 0 saturated heterocycles. The van der Waals surface area contributed by atoms with Gasteiger partial charge in [0.25, 0.3) is 0 Å². The maximum atomic E-state index is 10.6. The molecule has 0 spiro atoms. The highest BCUT2D eigenvalue weighted by atomic mass is 32.1. The maximum Gasteiger partial charge on any atom is 0.152 e. The van der Waals surface area contributed by atoms with Crippen LogP contribution in [0.25, 0.3) is 6.08 Å². The minimum atomic E-state index is -0.0137. The number of hydrogen-bond donors (Lipinski definition) is 0. The molecular weight excluding hydrogens is 172 g/mol. The molecule has 0 fully saturated rings. The first-order chi connectivity index (χ1) is 5.74. The van der Waals surface area contributed by atoms with Crippen molar-refractivity contribution in [3.05, 3.63) is 28.0 Å². The average molecular weight is 180 g/mol. The van der Waals surface area contributed by atoms with Gasteiger partial charge in [0.05, 0.1) is 0 Å². The zero-order chi connectivity index (χ0) is 8.97. The molecule has 1 rings (SSSR count). The Bertz CT molecular complexity index is 323. The first kappa shape index (κ1) is 8.87. The summed E-state index contributed by atoms with van der Waals surface area (Å²) >= 11 is 1.45. The van der Waals surface area contributed by atoms with Gasteiger partial charge in [-0.1, -0.05) is 0 Å². The summed E-state index contributed by atoms with van der Waals surface area (Å²) in [6.07, 6.45) is 3.91. The predicted molar refractivity (Wildman–Crippen MR) is 49.4 cm³/mol. The van der Waals surface area contributed by atoms with E-state index in [4.69, 9.17) is 0 Å². The van der Waals surface area contributed by atoms with Crippen LogP contribution in [0, 0.1) is 0 Å². The van der Waals surface area contributed by atoms with Crippen molar-refractivity contribution in [2.24, 2.45) is 0 Å². The van der Waals surface area contributed by atoms with Crippen molar-refractivity contribution >= 4 is 29.5 Å². The van der Waals surface area contributed by atoms with Gasteiger partial charge >= 0.3 is 0 Å². The van der Waals surface area contributed by atoms with Crippen LogP contribution < -0.4 is 0 Å². The predicted octanol–water partition coefficient (Wildman–Crippen LogP) is 2.16. The molecule has 1 aromatic heterocycles. The Morgan fingerprint density at radius 3 is 2.92 bits per heavy atom. The van der Waals surface area contributed by atoms with Gasteiger partial charge in [0.1, 0.15) is 0 Å². The standard InChI is InChI=1S/C9H8O2S/c1-7(11)2-3-9-8(6-10)4-5-12-9/h2-6H,1H3/b3-2+. The van der Waals surface area contributed by atoms with E-state index in [0.717, 1.165) is 11.2 Å². The number of carbonyl (C=O) groups excluding carboxylic acids is 2. The lowest BCUT2D eigenvalue weighted by molar-refractivity contribution is -0.112. The van der Waals surface area contributed by atoms with E-state index in [-0.39, 0.29) is 5.78 Å². The van der Waals surface area contributed by atoms with E-state index < -0.39 is 0 Å². The van der Waals surface area contributed by atoms with E-state index in [1.54, 1.807) is 12.1 Å². The topological polar surface area (TPSA) is 34.1 Å². The molecule has 0 N–H and O–H groups in total. The molecule has 0 bridgehead atoms. The fourth-order valence-electron chi connectivity index (χ4n) is 0.757. The van der Waals surface area contributed by atoms with E-state index in [2.05, 4.69) is 0 Å². The van der Waals surface area contributed by atoms with Crippen LogP contribution in [0.4, 0.5) is 0 Å². The minimum absolute atomic E-state index is 0.0137. The molecule has 1 heterocycles. The molecule has 0 aromatic carbocycles. The summed E-state index contributed by atoms with van der Waals surface area (Å²) in [5.74, 6) is -0.0137. The average Bonchev–Trinajstić information content (AvgIpc) is 2.47. The molecule has 0 atom stereocenters. The highest BCUT2D eigenvalue weighted by Gasteiger charge is 1.98. The van der Waals surface area contributed by atoms with Gasteiger partial charge in [-0.05, 0) is 30.5 Å². The molecule has 0 unspecified atom stereocenters. The normalized spacial score (nSPS) is 10.4. The minimum Gasteiger partial charge on any atom is -0.298 e. The Hall–Kier alpha value is -1.22. The van der Waals surface area contributed by atoms with Gasteiger partial charge in [0.2, 0.25) is 0 Å². The van der Waals surface area contributed by atoms with Crippen LogP contribution in [-0.4, -0.2) is 12.1 Å². The molecule has 62 valence electrons. The first-order valence-electron chi connectivity index (χ1n) is 3.45. The van der Waals surface area contributed by atoms with Crippen molar-refractivity contribution in [1.82, 2.24) is 0 Å². The lowest BCUT2D eigenvalue weighted by Crippen LogP contribution is -1.81. The van der Waals surface area contributed by atoms with Crippen LogP contribution in [0.15, 0.2) is 17.5 Å². The van der Waals surface area contributed by atoms with E-state index in [1.165, 1.54) is 24.3 Å². The van der Waals surface area contributed by atoms with Crippen molar-refractivity contribution in [3.63, 3.8) is 0 Å². The highest BCUT2D eigenvalue weighted by Crippen LogP contribution is 2.16. The molecule has 3 heteroatoms. The number of carbonyl (C=O) groups is 2. The third kappa shape index (κ3) is 2.13. The number of rotatable bonds is 3. The molecule has 0 amide bonds. The summed E-state index contributed by atoms with van der Waals surface area (Å²) < 4.78 is 0. The summed E-state index contributed by atoms with van der Waals surface area (Å²) in [6.45, 7) is 1.48. The second-order valence-electron chi connectivity index (χ2n) is 2.30. The molecule has 2 nitrogen and oxygen atoms in total. The maximum absolute atomic E-state index is 10.6. The van der Waals surface area contributed by atoms with Crippen molar-refractivity contribution in [3.8, 4) is 0 Å². The van der Waals surface area contributed by atoms with Crippen molar-refractivity contribution in [2.45, 2.75) is 6.92 Å². The number of hydrogen-bond acceptors (Lipinski definition) is 3. The fraction of sp³-hybridized carbons (Fsp3) is 0.111. The molecule has 1 aromatic rings. The summed E-state index contributed by atoms with van der Waals surface area (Å²) in [5.41, 5.74) is 0.637. The smallest absolute Gasteiger partial charge is 0.152 e. The van der Waals surface area contributed by atoms with Gasteiger partial charge in [0.15, 0.2) is 12.1 Å². The second-order valence-corrected chi connectivity index (χ2v) is 3.25. The third-order valence-corrected chi connectivity index (χ3v) is 2.22. The van der Waals surface area contributed by atoms with Gasteiger partial charge in [-0.2, -0.15) is 0 Å². The third-order valence-electron chi connectivity index (χ3n) is 1.32. The Morgan fingerprint density at radius 1 is 1.58 bits per heavy atom. The summed E-state index contributed by atoms with van der Waals surface area (Å²) in [6, 6.07) is 1.73. The lowest BCUT2D eigenvalue weighted by atomic mass is 10.2. The Morgan fingerprint density at radius 2 is 2.33 bits per heavy atom. The van der Waals surface area contributed by atoms with Crippen LogP contribution in [0.3, 0.4) is 0 Å². The quantitative estimate of drug-likeness (QED) is 0.527. The SMILES string of the molecule is CC(=O)/C=C/c1sccc1C=O. The zero-order valence-corrected chi connectivity index (χ0v) is 7.43. The molecule has 0 aliphatic heterocycles. The molecule has 0 radical (unpaired) electrons. The van der Waals surface area contributed by atoms with E-state index in [9.17, 15) is 9.59 Å². The molecule has 12 heavy (non-hydrogen) atoms. The largest absolute Gasteiger partial charge is 0.298 e. The molecule has 0 saturated carbocycles. The Balaban J connectivity index is 2.88. The monoisotopic (exact) mass is 180 g/mol. The van der Waals surface area contributed by atoms with E-state index in [1.807, 2.05) is 5.38 Å². The molecular formula is C9H8O2S. The zero-order valence-electron chi connectivity index (χ0n) is 6.61. The number of thiophene rings is 1. The summed E-state index contributed by atoms with van der Waals surface area (Å²) in [7, 11) is 0. The fourth-order valence-corrected chi connectivity index (χ4v) is 1.52.